The molecule has 0 bridgehead atoms. The first kappa shape index (κ1) is 12.8. The monoisotopic (exact) mass is 255 g/mol. The molecule has 0 spiro atoms. The molecule has 1 fully saturated rings. The summed E-state index contributed by atoms with van der Waals surface area (Å²) in [6.07, 6.45) is 0.430. The maximum atomic E-state index is 5.81. The van der Waals surface area contributed by atoms with Gasteiger partial charge in [-0.3, -0.25) is 0 Å². The molecule has 1 aromatic carbocycles. The number of nitrogens with one attached hydrogen (secondary N) is 1. The zero-order valence-corrected chi connectivity index (χ0v) is 10.7. The van der Waals surface area contributed by atoms with Gasteiger partial charge in [-0.1, -0.05) is 23.7 Å². The van der Waals surface area contributed by atoms with Gasteiger partial charge in [-0.2, -0.15) is 0 Å². The first-order chi connectivity index (χ1) is 8.24. The fourth-order valence-electron chi connectivity index (χ4n) is 1.86. The minimum atomic E-state index is 0.158. The second kappa shape index (κ2) is 6.36. The van der Waals surface area contributed by atoms with Crippen molar-refractivity contribution < 1.29 is 9.47 Å². The van der Waals surface area contributed by atoms with Crippen molar-refractivity contribution in [3.8, 4) is 0 Å². The van der Waals surface area contributed by atoms with Crippen molar-refractivity contribution in [2.75, 3.05) is 19.7 Å². The van der Waals surface area contributed by atoms with Gasteiger partial charge in [0.2, 0.25) is 0 Å². The zero-order chi connectivity index (χ0) is 12.1. The molecule has 4 heteroatoms. The van der Waals surface area contributed by atoms with Crippen molar-refractivity contribution in [2.24, 2.45) is 0 Å². The summed E-state index contributed by atoms with van der Waals surface area (Å²) in [4.78, 5) is 0. The van der Waals surface area contributed by atoms with Crippen LogP contribution in [0.2, 0.25) is 5.02 Å². The summed E-state index contributed by atoms with van der Waals surface area (Å²) in [5, 5.41) is 4.07. The average molecular weight is 256 g/mol. The Hall–Kier alpha value is -0.610. The molecule has 0 aliphatic carbocycles. The van der Waals surface area contributed by atoms with Gasteiger partial charge in [0.1, 0.15) is 0 Å². The van der Waals surface area contributed by atoms with E-state index in [0.717, 1.165) is 23.7 Å². The lowest BCUT2D eigenvalue weighted by atomic mass is 10.2. The molecule has 3 nitrogen and oxygen atoms in total. The Bertz CT molecular complexity index is 342. The van der Waals surface area contributed by atoms with E-state index in [1.807, 2.05) is 24.3 Å². The van der Waals surface area contributed by atoms with Gasteiger partial charge in [-0.25, -0.2) is 0 Å². The van der Waals surface area contributed by atoms with E-state index in [9.17, 15) is 0 Å². The first-order valence-electron chi connectivity index (χ1n) is 5.92. The molecule has 1 saturated heterocycles. The Kier molecular flexibility index (Phi) is 4.80. The van der Waals surface area contributed by atoms with Crippen LogP contribution in [0.4, 0.5) is 0 Å². The quantitative estimate of drug-likeness (QED) is 0.895. The summed E-state index contributed by atoms with van der Waals surface area (Å²) in [6.45, 7) is 5.09. The molecule has 1 aliphatic heterocycles. The van der Waals surface area contributed by atoms with Gasteiger partial charge < -0.3 is 14.8 Å². The topological polar surface area (TPSA) is 30.5 Å². The van der Waals surface area contributed by atoms with Crippen LogP contribution in [0.5, 0.6) is 0 Å². The molecule has 2 atom stereocenters. The Morgan fingerprint density at radius 3 is 2.82 bits per heavy atom. The maximum absolute atomic E-state index is 5.81. The Morgan fingerprint density at radius 2 is 2.12 bits per heavy atom. The van der Waals surface area contributed by atoms with Crippen molar-refractivity contribution in [3.05, 3.63) is 34.9 Å². The Morgan fingerprint density at radius 1 is 1.35 bits per heavy atom. The summed E-state index contributed by atoms with van der Waals surface area (Å²) in [5.74, 6) is 0. The van der Waals surface area contributed by atoms with Crippen LogP contribution < -0.4 is 5.32 Å². The van der Waals surface area contributed by atoms with Crippen LogP contribution in [0.25, 0.3) is 0 Å². The highest BCUT2D eigenvalue weighted by molar-refractivity contribution is 6.30. The standard InChI is InChI=1S/C13H18ClNO2/c1-10-6-15-7-13(17-10)9-16-8-11-2-4-12(14)5-3-11/h2-5,10,13,15H,6-9H2,1H3. The normalized spacial score (nSPS) is 24.8. The molecular formula is C13H18ClNO2. The van der Waals surface area contributed by atoms with Gasteiger partial charge in [0, 0.05) is 18.1 Å². The highest BCUT2D eigenvalue weighted by atomic mass is 35.5. The van der Waals surface area contributed by atoms with Gasteiger partial charge in [0.05, 0.1) is 25.4 Å². The first-order valence-corrected chi connectivity index (χ1v) is 6.30. The highest BCUT2D eigenvalue weighted by Crippen LogP contribution is 2.11. The molecule has 0 amide bonds. The molecule has 17 heavy (non-hydrogen) atoms. The van der Waals surface area contributed by atoms with E-state index in [4.69, 9.17) is 21.1 Å². The van der Waals surface area contributed by atoms with Crippen molar-refractivity contribution in [1.82, 2.24) is 5.32 Å². The molecule has 0 saturated carbocycles. The Balaban J connectivity index is 1.70. The number of halogens is 1. The summed E-state index contributed by atoms with van der Waals surface area (Å²) in [5.41, 5.74) is 1.13. The summed E-state index contributed by atoms with van der Waals surface area (Å²) < 4.78 is 11.4. The second-order valence-corrected chi connectivity index (χ2v) is 4.80. The molecule has 0 radical (unpaired) electrons. The Labute approximate surface area is 107 Å². The van der Waals surface area contributed by atoms with Gasteiger partial charge in [-0.15, -0.1) is 0 Å². The maximum Gasteiger partial charge on any atom is 0.0936 e. The van der Waals surface area contributed by atoms with Crippen LogP contribution in [-0.4, -0.2) is 31.9 Å². The number of ether oxygens (including phenoxy) is 2. The third-order valence-corrected chi connectivity index (χ3v) is 2.97. The largest absolute Gasteiger partial charge is 0.374 e. The third kappa shape index (κ3) is 4.28. The molecule has 2 unspecified atom stereocenters. The van der Waals surface area contributed by atoms with Crippen LogP contribution in [-0.2, 0) is 16.1 Å². The van der Waals surface area contributed by atoms with Gasteiger partial charge >= 0.3 is 0 Å². The van der Waals surface area contributed by atoms with Gasteiger partial charge in [0.25, 0.3) is 0 Å². The lowest BCUT2D eigenvalue weighted by molar-refractivity contribution is -0.0716. The smallest absolute Gasteiger partial charge is 0.0936 e. The number of benzene rings is 1. The summed E-state index contributed by atoms with van der Waals surface area (Å²) in [6, 6.07) is 7.71. The van der Waals surface area contributed by atoms with Gasteiger partial charge in [0.15, 0.2) is 0 Å². The minimum absolute atomic E-state index is 0.158. The SMILES string of the molecule is CC1CNCC(COCc2ccc(Cl)cc2)O1. The van der Waals surface area contributed by atoms with Crippen molar-refractivity contribution in [3.63, 3.8) is 0 Å². The van der Waals surface area contributed by atoms with Crippen LogP contribution >= 0.6 is 11.6 Å². The molecule has 1 aromatic rings. The van der Waals surface area contributed by atoms with Crippen LogP contribution in [0.3, 0.4) is 0 Å². The summed E-state index contributed by atoms with van der Waals surface area (Å²) >= 11 is 5.81. The van der Waals surface area contributed by atoms with Gasteiger partial charge in [-0.05, 0) is 24.6 Å². The fourth-order valence-corrected chi connectivity index (χ4v) is 1.99. The number of hydrogen-bond acceptors (Lipinski definition) is 3. The molecule has 0 aromatic heterocycles. The summed E-state index contributed by atoms with van der Waals surface area (Å²) in [7, 11) is 0. The highest BCUT2D eigenvalue weighted by Gasteiger charge is 2.18. The zero-order valence-electron chi connectivity index (χ0n) is 9.99. The fraction of sp³-hybridized carbons (Fsp3) is 0.538. The van der Waals surface area contributed by atoms with Crippen molar-refractivity contribution in [2.45, 2.75) is 25.7 Å². The molecule has 94 valence electrons. The van der Waals surface area contributed by atoms with E-state index in [-0.39, 0.29) is 12.2 Å². The van der Waals surface area contributed by atoms with Crippen LogP contribution in [0, 0.1) is 0 Å². The lowest BCUT2D eigenvalue weighted by Crippen LogP contribution is -2.45. The molecular weight excluding hydrogens is 238 g/mol. The van der Waals surface area contributed by atoms with E-state index < -0.39 is 0 Å². The molecule has 1 aliphatic rings. The minimum Gasteiger partial charge on any atom is -0.374 e. The van der Waals surface area contributed by atoms with E-state index in [2.05, 4.69) is 12.2 Å². The number of hydrogen-bond donors (Lipinski definition) is 1. The predicted octanol–water partition coefficient (Wildman–Crippen LogP) is 2.23. The molecule has 2 rings (SSSR count). The average Bonchev–Trinajstić information content (AvgIpc) is 2.32. The van der Waals surface area contributed by atoms with Crippen molar-refractivity contribution >= 4 is 11.6 Å². The van der Waals surface area contributed by atoms with E-state index in [0.29, 0.717) is 13.2 Å². The number of rotatable bonds is 4. The van der Waals surface area contributed by atoms with E-state index in [1.54, 1.807) is 0 Å². The molecule has 1 N–H and O–H groups in total. The van der Waals surface area contributed by atoms with E-state index in [1.165, 1.54) is 0 Å². The molecule has 1 heterocycles. The van der Waals surface area contributed by atoms with Crippen LogP contribution in [0.15, 0.2) is 24.3 Å². The third-order valence-electron chi connectivity index (χ3n) is 2.71. The van der Waals surface area contributed by atoms with E-state index >= 15 is 0 Å². The van der Waals surface area contributed by atoms with Crippen LogP contribution in [0.1, 0.15) is 12.5 Å². The lowest BCUT2D eigenvalue weighted by Gasteiger charge is -2.28. The second-order valence-electron chi connectivity index (χ2n) is 4.37. The van der Waals surface area contributed by atoms with Crippen molar-refractivity contribution in [1.29, 1.82) is 0 Å². The number of morpholine rings is 1. The predicted molar refractivity (Wildman–Crippen MR) is 68.3 cm³/mol.